The third kappa shape index (κ3) is 2.64. The van der Waals surface area contributed by atoms with E-state index in [1.54, 1.807) is 0 Å². The molecule has 0 heterocycles. The molecule has 0 aromatic heterocycles. The predicted molar refractivity (Wildman–Crippen MR) is 82.6 cm³/mol. The highest BCUT2D eigenvalue weighted by atomic mass is 16.5. The third-order valence-corrected chi connectivity index (χ3v) is 5.46. The summed E-state index contributed by atoms with van der Waals surface area (Å²) in [6.45, 7) is 0.768. The summed E-state index contributed by atoms with van der Waals surface area (Å²) in [7, 11) is 2.12. The minimum atomic E-state index is 0.417. The van der Waals surface area contributed by atoms with Gasteiger partial charge in [-0.2, -0.15) is 0 Å². The fourth-order valence-electron chi connectivity index (χ4n) is 4.21. The van der Waals surface area contributed by atoms with Crippen molar-refractivity contribution in [2.45, 2.75) is 63.7 Å². The Balaban J connectivity index is 1.63. The topological polar surface area (TPSA) is 21.3 Å². The van der Waals surface area contributed by atoms with Gasteiger partial charge in [-0.15, -0.1) is 0 Å². The van der Waals surface area contributed by atoms with Crippen LogP contribution < -0.4 is 5.32 Å². The van der Waals surface area contributed by atoms with Crippen LogP contribution in [-0.4, -0.2) is 19.2 Å². The highest BCUT2D eigenvalue weighted by Crippen LogP contribution is 2.52. The van der Waals surface area contributed by atoms with Crippen molar-refractivity contribution in [2.24, 2.45) is 5.41 Å². The van der Waals surface area contributed by atoms with E-state index in [0.717, 1.165) is 6.61 Å². The van der Waals surface area contributed by atoms with Gasteiger partial charge in [0.05, 0.1) is 12.7 Å². The number of benzene rings is 1. The van der Waals surface area contributed by atoms with Crippen LogP contribution in [0.5, 0.6) is 0 Å². The number of ether oxygens (including phenoxy) is 1. The molecule has 2 saturated carbocycles. The molecule has 1 aromatic carbocycles. The number of hydrogen-bond donors (Lipinski definition) is 1. The molecule has 2 unspecified atom stereocenters. The second-order valence-corrected chi connectivity index (χ2v) is 6.51. The van der Waals surface area contributed by atoms with Crippen molar-refractivity contribution < 1.29 is 4.74 Å². The molecule has 1 N–H and O–H groups in total. The Morgan fingerprint density at radius 2 is 1.80 bits per heavy atom. The molecule has 2 atom stereocenters. The monoisotopic (exact) mass is 273 g/mol. The van der Waals surface area contributed by atoms with Crippen LogP contribution in [-0.2, 0) is 11.3 Å². The molecule has 20 heavy (non-hydrogen) atoms. The molecule has 0 bridgehead atoms. The highest BCUT2D eigenvalue weighted by Gasteiger charge is 2.54. The van der Waals surface area contributed by atoms with Gasteiger partial charge in [-0.25, -0.2) is 0 Å². The minimum absolute atomic E-state index is 0.417. The molecule has 110 valence electrons. The molecule has 2 aliphatic rings. The number of hydrogen-bond acceptors (Lipinski definition) is 2. The van der Waals surface area contributed by atoms with Crippen molar-refractivity contribution in [1.29, 1.82) is 0 Å². The maximum Gasteiger partial charge on any atom is 0.0720 e. The Hall–Kier alpha value is -0.860. The first kappa shape index (κ1) is 14.1. The molecule has 3 rings (SSSR count). The molecule has 1 aromatic rings. The van der Waals surface area contributed by atoms with Crippen LogP contribution in [0.1, 0.15) is 50.5 Å². The predicted octanol–water partition coefficient (Wildman–Crippen LogP) is 3.90. The van der Waals surface area contributed by atoms with E-state index in [9.17, 15) is 0 Å². The maximum absolute atomic E-state index is 6.30. The standard InChI is InChI=1S/C18H27NO/c1-19-16-13-17(18(16)11-7-2-3-8-12-18)20-14-15-9-5-4-6-10-15/h4-6,9-10,16-17,19H,2-3,7-8,11-14H2,1H3. The lowest BCUT2D eigenvalue weighted by atomic mass is 9.58. The Labute approximate surface area is 122 Å². The van der Waals surface area contributed by atoms with Gasteiger partial charge in [0, 0.05) is 11.5 Å². The Kier molecular flexibility index (Phi) is 4.42. The fourth-order valence-corrected chi connectivity index (χ4v) is 4.21. The summed E-state index contributed by atoms with van der Waals surface area (Å²) in [4.78, 5) is 0. The quantitative estimate of drug-likeness (QED) is 0.898. The van der Waals surface area contributed by atoms with Gasteiger partial charge < -0.3 is 10.1 Å². The van der Waals surface area contributed by atoms with Gasteiger partial charge >= 0.3 is 0 Å². The Morgan fingerprint density at radius 3 is 2.45 bits per heavy atom. The Morgan fingerprint density at radius 1 is 1.10 bits per heavy atom. The van der Waals surface area contributed by atoms with Crippen LogP contribution >= 0.6 is 0 Å². The van der Waals surface area contributed by atoms with E-state index >= 15 is 0 Å². The van der Waals surface area contributed by atoms with Crippen LogP contribution in [0.25, 0.3) is 0 Å². The second kappa shape index (κ2) is 6.28. The molecule has 0 saturated heterocycles. The van der Waals surface area contributed by atoms with E-state index in [-0.39, 0.29) is 0 Å². The summed E-state index contributed by atoms with van der Waals surface area (Å²) >= 11 is 0. The highest BCUT2D eigenvalue weighted by molar-refractivity contribution is 5.14. The first-order valence-corrected chi connectivity index (χ1v) is 8.18. The molecule has 2 aliphatic carbocycles. The van der Waals surface area contributed by atoms with Crippen LogP contribution in [0, 0.1) is 5.41 Å². The largest absolute Gasteiger partial charge is 0.373 e. The zero-order valence-electron chi connectivity index (χ0n) is 12.6. The van der Waals surface area contributed by atoms with E-state index in [1.165, 1.54) is 50.5 Å². The molecule has 0 amide bonds. The van der Waals surface area contributed by atoms with Crippen molar-refractivity contribution in [3.63, 3.8) is 0 Å². The second-order valence-electron chi connectivity index (χ2n) is 6.51. The lowest BCUT2D eigenvalue weighted by Gasteiger charge is -2.56. The van der Waals surface area contributed by atoms with Gasteiger partial charge in [-0.3, -0.25) is 0 Å². The summed E-state index contributed by atoms with van der Waals surface area (Å²) in [5.74, 6) is 0. The van der Waals surface area contributed by atoms with Gasteiger partial charge in [-0.05, 0) is 31.9 Å². The van der Waals surface area contributed by atoms with Crippen molar-refractivity contribution in [3.8, 4) is 0 Å². The Bertz CT molecular complexity index is 409. The van der Waals surface area contributed by atoms with Gasteiger partial charge in [0.1, 0.15) is 0 Å². The fraction of sp³-hybridized carbons (Fsp3) is 0.667. The summed E-state index contributed by atoms with van der Waals surface area (Å²) < 4.78 is 6.30. The average Bonchev–Trinajstić information content (AvgIpc) is 2.75. The van der Waals surface area contributed by atoms with Crippen LogP contribution in [0.15, 0.2) is 30.3 Å². The van der Waals surface area contributed by atoms with Crippen molar-refractivity contribution in [3.05, 3.63) is 35.9 Å². The molecule has 2 fully saturated rings. The van der Waals surface area contributed by atoms with Gasteiger partial charge in [0.15, 0.2) is 0 Å². The van der Waals surface area contributed by atoms with E-state index < -0.39 is 0 Å². The van der Waals surface area contributed by atoms with Gasteiger partial charge in [-0.1, -0.05) is 56.0 Å². The summed E-state index contributed by atoms with van der Waals surface area (Å²) in [5.41, 5.74) is 1.71. The summed E-state index contributed by atoms with van der Waals surface area (Å²) in [6, 6.07) is 11.2. The SMILES string of the molecule is CNC1CC(OCc2ccccc2)C12CCCCCC2. The zero-order chi connectivity index (χ0) is 13.8. The molecule has 0 aliphatic heterocycles. The molecular weight excluding hydrogens is 246 g/mol. The molecule has 1 spiro atoms. The van der Waals surface area contributed by atoms with Crippen LogP contribution in [0.3, 0.4) is 0 Å². The molecule has 2 heteroatoms. The summed E-state index contributed by atoms with van der Waals surface area (Å²) in [6.07, 6.45) is 9.90. The van der Waals surface area contributed by atoms with Crippen LogP contribution in [0.4, 0.5) is 0 Å². The van der Waals surface area contributed by atoms with E-state index in [4.69, 9.17) is 4.74 Å². The molecule has 0 radical (unpaired) electrons. The van der Waals surface area contributed by atoms with Crippen molar-refractivity contribution in [1.82, 2.24) is 5.32 Å². The lowest BCUT2D eigenvalue weighted by molar-refractivity contribution is -0.148. The number of rotatable bonds is 4. The first-order valence-electron chi connectivity index (χ1n) is 8.18. The zero-order valence-corrected chi connectivity index (χ0v) is 12.6. The van der Waals surface area contributed by atoms with Gasteiger partial charge in [0.25, 0.3) is 0 Å². The van der Waals surface area contributed by atoms with E-state index in [0.29, 0.717) is 17.6 Å². The number of nitrogens with one attached hydrogen (secondary N) is 1. The van der Waals surface area contributed by atoms with Crippen LogP contribution in [0.2, 0.25) is 0 Å². The lowest BCUT2D eigenvalue weighted by Crippen LogP contribution is -2.62. The van der Waals surface area contributed by atoms with E-state index in [1.807, 2.05) is 0 Å². The smallest absolute Gasteiger partial charge is 0.0720 e. The van der Waals surface area contributed by atoms with Crippen molar-refractivity contribution in [2.75, 3.05) is 7.05 Å². The normalized spacial score (nSPS) is 28.9. The molecule has 2 nitrogen and oxygen atoms in total. The van der Waals surface area contributed by atoms with Crippen molar-refractivity contribution >= 4 is 0 Å². The molecular formula is C18H27NO. The minimum Gasteiger partial charge on any atom is -0.373 e. The summed E-state index contributed by atoms with van der Waals surface area (Å²) in [5, 5.41) is 3.54. The maximum atomic E-state index is 6.30. The van der Waals surface area contributed by atoms with E-state index in [2.05, 4.69) is 42.7 Å². The average molecular weight is 273 g/mol. The third-order valence-electron chi connectivity index (χ3n) is 5.46. The first-order chi connectivity index (χ1) is 9.85. The van der Waals surface area contributed by atoms with Gasteiger partial charge in [0.2, 0.25) is 0 Å².